The fourth-order valence-corrected chi connectivity index (χ4v) is 3.33. The van der Waals surface area contributed by atoms with Gasteiger partial charge in [-0.05, 0) is 42.0 Å². The summed E-state index contributed by atoms with van der Waals surface area (Å²) in [7, 11) is 0. The second-order valence-corrected chi connectivity index (χ2v) is 7.19. The smallest absolute Gasteiger partial charge is 0.141 e. The van der Waals surface area contributed by atoms with E-state index in [1.54, 1.807) is 18.5 Å². The lowest BCUT2D eigenvalue weighted by atomic mass is 10.1. The van der Waals surface area contributed by atoms with E-state index in [4.69, 9.17) is 9.15 Å². The second-order valence-electron chi connectivity index (χ2n) is 7.19. The minimum Gasteiger partial charge on any atom is -0.489 e. The summed E-state index contributed by atoms with van der Waals surface area (Å²) in [5, 5.41) is 13.4. The van der Waals surface area contributed by atoms with Crippen LogP contribution in [0.2, 0.25) is 0 Å². The highest BCUT2D eigenvalue weighted by molar-refractivity contribution is 5.92. The Morgan fingerprint density at radius 3 is 2.56 bits per heavy atom. The number of hydrogen-bond acceptors (Lipinski definition) is 7. The third-order valence-electron chi connectivity index (χ3n) is 4.99. The van der Waals surface area contributed by atoms with E-state index < -0.39 is 0 Å². The SMILES string of the molecule is OCc1cc(-c2cc3c(Nc4ccc(OCc5ccccc5)cc4)ncnc3cn2)co1. The molecule has 0 fully saturated rings. The van der Waals surface area contributed by atoms with Gasteiger partial charge in [0.05, 0.1) is 17.4 Å². The van der Waals surface area contributed by atoms with Crippen LogP contribution < -0.4 is 10.1 Å². The van der Waals surface area contributed by atoms with E-state index in [1.165, 1.54) is 6.33 Å². The zero-order valence-corrected chi connectivity index (χ0v) is 17.1. The molecule has 0 radical (unpaired) electrons. The Bertz CT molecular complexity index is 1330. The standard InChI is InChI=1S/C25H20N4O3/c30-13-21-10-18(15-32-21)23-11-22-24(12-26-23)27-16-28-25(22)29-19-6-8-20(9-7-19)31-14-17-4-2-1-3-5-17/h1-12,15-16,30H,13-14H2,(H,27,28,29). The van der Waals surface area contributed by atoms with Crippen LogP contribution in [0.4, 0.5) is 11.5 Å². The van der Waals surface area contributed by atoms with Gasteiger partial charge >= 0.3 is 0 Å². The molecule has 0 atom stereocenters. The molecule has 0 aliphatic heterocycles. The number of aromatic nitrogens is 3. The van der Waals surface area contributed by atoms with E-state index in [2.05, 4.69) is 20.3 Å². The normalized spacial score (nSPS) is 10.9. The zero-order chi connectivity index (χ0) is 21.8. The van der Waals surface area contributed by atoms with Gasteiger partial charge in [-0.1, -0.05) is 30.3 Å². The lowest BCUT2D eigenvalue weighted by Gasteiger charge is -2.10. The highest BCUT2D eigenvalue weighted by Crippen LogP contribution is 2.28. The highest BCUT2D eigenvalue weighted by atomic mass is 16.5. The number of benzene rings is 2. The summed E-state index contributed by atoms with van der Waals surface area (Å²) in [6, 6.07) is 21.4. The summed E-state index contributed by atoms with van der Waals surface area (Å²) in [6.45, 7) is 0.362. The first kappa shape index (κ1) is 19.7. The van der Waals surface area contributed by atoms with Crippen molar-refractivity contribution in [2.75, 3.05) is 5.32 Å². The number of hydrogen-bond donors (Lipinski definition) is 2. The maximum atomic E-state index is 9.24. The van der Waals surface area contributed by atoms with Crippen LogP contribution in [0.25, 0.3) is 22.2 Å². The zero-order valence-electron chi connectivity index (χ0n) is 17.1. The minimum atomic E-state index is -0.158. The van der Waals surface area contributed by atoms with Crippen molar-refractivity contribution in [2.45, 2.75) is 13.2 Å². The molecule has 7 heteroatoms. The monoisotopic (exact) mass is 424 g/mol. The number of pyridine rings is 1. The molecule has 5 aromatic rings. The molecule has 2 N–H and O–H groups in total. The predicted molar refractivity (Wildman–Crippen MR) is 121 cm³/mol. The summed E-state index contributed by atoms with van der Waals surface area (Å²) in [5.41, 5.74) is 4.21. The summed E-state index contributed by atoms with van der Waals surface area (Å²) < 4.78 is 11.2. The number of rotatable bonds is 7. The first-order chi connectivity index (χ1) is 15.8. The van der Waals surface area contributed by atoms with Gasteiger partial charge in [0.25, 0.3) is 0 Å². The van der Waals surface area contributed by atoms with Crippen LogP contribution in [0.15, 0.2) is 89.9 Å². The number of furan rings is 1. The molecule has 0 amide bonds. The van der Waals surface area contributed by atoms with Gasteiger partial charge in [0.1, 0.15) is 43.1 Å². The molecular weight excluding hydrogens is 404 g/mol. The quantitative estimate of drug-likeness (QED) is 0.375. The Kier molecular flexibility index (Phi) is 5.47. The first-order valence-corrected chi connectivity index (χ1v) is 10.1. The van der Waals surface area contributed by atoms with E-state index >= 15 is 0 Å². The van der Waals surface area contributed by atoms with Crippen LogP contribution in [0.1, 0.15) is 11.3 Å². The molecule has 3 heterocycles. The van der Waals surface area contributed by atoms with Crippen LogP contribution in [-0.4, -0.2) is 20.1 Å². The van der Waals surface area contributed by atoms with Gasteiger partial charge in [0, 0.05) is 16.6 Å². The molecule has 0 saturated heterocycles. The molecule has 0 bridgehead atoms. The maximum Gasteiger partial charge on any atom is 0.141 e. The van der Waals surface area contributed by atoms with E-state index in [0.29, 0.717) is 23.9 Å². The largest absolute Gasteiger partial charge is 0.489 e. The van der Waals surface area contributed by atoms with Crippen LogP contribution >= 0.6 is 0 Å². The third kappa shape index (κ3) is 4.28. The average molecular weight is 424 g/mol. The number of fused-ring (bicyclic) bond motifs is 1. The molecule has 0 aliphatic rings. The maximum absolute atomic E-state index is 9.24. The molecule has 0 aliphatic carbocycles. The van der Waals surface area contributed by atoms with E-state index in [1.807, 2.05) is 60.7 Å². The van der Waals surface area contributed by atoms with Gasteiger partial charge in [0.2, 0.25) is 0 Å². The van der Waals surface area contributed by atoms with Crippen LogP contribution in [-0.2, 0) is 13.2 Å². The van der Waals surface area contributed by atoms with Gasteiger partial charge < -0.3 is 19.6 Å². The molecule has 158 valence electrons. The predicted octanol–water partition coefficient (Wildman–Crippen LogP) is 5.10. The van der Waals surface area contributed by atoms with Gasteiger partial charge in [-0.2, -0.15) is 0 Å². The van der Waals surface area contributed by atoms with Gasteiger partial charge in [-0.25, -0.2) is 9.97 Å². The molecule has 2 aromatic carbocycles. The molecule has 0 spiro atoms. The Morgan fingerprint density at radius 2 is 1.78 bits per heavy atom. The molecule has 32 heavy (non-hydrogen) atoms. The Morgan fingerprint density at radius 1 is 0.938 bits per heavy atom. The molecular formula is C25H20N4O3. The Balaban J connectivity index is 1.35. The van der Waals surface area contributed by atoms with Crippen LogP contribution in [0.3, 0.4) is 0 Å². The van der Waals surface area contributed by atoms with Crippen molar-refractivity contribution in [2.24, 2.45) is 0 Å². The number of aliphatic hydroxyl groups is 1. The fraction of sp³-hybridized carbons (Fsp3) is 0.0800. The average Bonchev–Trinajstić information content (AvgIpc) is 3.34. The molecule has 7 nitrogen and oxygen atoms in total. The van der Waals surface area contributed by atoms with Crippen molar-refractivity contribution >= 4 is 22.4 Å². The minimum absolute atomic E-state index is 0.158. The van der Waals surface area contributed by atoms with Crippen LogP contribution in [0, 0.1) is 0 Å². The Labute approximate surface area is 184 Å². The topological polar surface area (TPSA) is 93.3 Å². The van der Waals surface area contributed by atoms with Crippen molar-refractivity contribution in [3.63, 3.8) is 0 Å². The number of anilines is 2. The van der Waals surface area contributed by atoms with Gasteiger partial charge in [-0.3, -0.25) is 4.98 Å². The van der Waals surface area contributed by atoms with Crippen LogP contribution in [0.5, 0.6) is 5.75 Å². The van der Waals surface area contributed by atoms with Crippen molar-refractivity contribution < 1.29 is 14.3 Å². The highest BCUT2D eigenvalue weighted by Gasteiger charge is 2.10. The lowest BCUT2D eigenvalue weighted by molar-refractivity contribution is 0.247. The van der Waals surface area contributed by atoms with E-state index in [9.17, 15) is 5.11 Å². The summed E-state index contributed by atoms with van der Waals surface area (Å²) in [4.78, 5) is 13.2. The fourth-order valence-electron chi connectivity index (χ4n) is 3.33. The molecule has 0 saturated carbocycles. The summed E-state index contributed by atoms with van der Waals surface area (Å²) >= 11 is 0. The van der Waals surface area contributed by atoms with E-state index in [0.717, 1.165) is 33.5 Å². The number of nitrogens with one attached hydrogen (secondary N) is 1. The first-order valence-electron chi connectivity index (χ1n) is 10.1. The van der Waals surface area contributed by atoms with Crippen molar-refractivity contribution in [3.8, 4) is 17.0 Å². The molecule has 5 rings (SSSR count). The van der Waals surface area contributed by atoms with Crippen molar-refractivity contribution in [3.05, 3.63) is 96.8 Å². The van der Waals surface area contributed by atoms with Crippen molar-refractivity contribution in [1.82, 2.24) is 15.0 Å². The van der Waals surface area contributed by atoms with Crippen molar-refractivity contribution in [1.29, 1.82) is 0 Å². The number of aliphatic hydroxyl groups excluding tert-OH is 1. The summed E-state index contributed by atoms with van der Waals surface area (Å²) in [6.07, 6.45) is 4.78. The van der Waals surface area contributed by atoms with E-state index in [-0.39, 0.29) is 6.61 Å². The number of ether oxygens (including phenoxy) is 1. The summed E-state index contributed by atoms with van der Waals surface area (Å²) in [5.74, 6) is 1.94. The number of nitrogens with zero attached hydrogens (tertiary/aromatic N) is 3. The second kappa shape index (κ2) is 8.87. The lowest BCUT2D eigenvalue weighted by Crippen LogP contribution is -1.98. The third-order valence-corrected chi connectivity index (χ3v) is 4.99. The Hall–Kier alpha value is -4.23. The van der Waals surface area contributed by atoms with Gasteiger partial charge in [0.15, 0.2) is 0 Å². The molecule has 0 unspecified atom stereocenters. The van der Waals surface area contributed by atoms with Gasteiger partial charge in [-0.15, -0.1) is 0 Å². The molecule has 3 aromatic heterocycles.